The van der Waals surface area contributed by atoms with Gasteiger partial charge in [0.2, 0.25) is 5.89 Å². The smallest absolute Gasteiger partial charge is 0.343 e. The molecule has 0 bridgehead atoms. The number of carbonyl (C=O) groups excluding carboxylic acids is 2. The number of urea groups is 1. The van der Waals surface area contributed by atoms with E-state index in [1.165, 1.54) is 24.6 Å². The van der Waals surface area contributed by atoms with Crippen molar-refractivity contribution in [1.29, 1.82) is 0 Å². The molecule has 1 fully saturated rings. The quantitative estimate of drug-likeness (QED) is 0.283. The number of rotatable bonds is 5. The maximum Gasteiger partial charge on any atom is 0.343 e. The Kier molecular flexibility index (Phi) is 7.62. The van der Waals surface area contributed by atoms with Crippen LogP contribution in [0.4, 0.5) is 4.79 Å². The van der Waals surface area contributed by atoms with E-state index in [-0.39, 0.29) is 43.8 Å². The van der Waals surface area contributed by atoms with Crippen LogP contribution in [-0.4, -0.2) is 64.5 Å². The number of aliphatic hydroxyl groups excluding tert-OH is 1. The van der Waals surface area contributed by atoms with Gasteiger partial charge in [-0.05, 0) is 29.4 Å². The molecule has 9 nitrogen and oxygen atoms in total. The van der Waals surface area contributed by atoms with Crippen LogP contribution in [0.1, 0.15) is 50.6 Å². The second-order valence-electron chi connectivity index (χ2n) is 10.7. The van der Waals surface area contributed by atoms with Crippen molar-refractivity contribution in [3.63, 3.8) is 0 Å². The molecule has 202 valence electrons. The van der Waals surface area contributed by atoms with Gasteiger partial charge in [0.05, 0.1) is 13.7 Å². The maximum atomic E-state index is 13.2. The number of carbonyl (C=O) groups is 2. The third kappa shape index (κ3) is 5.16. The van der Waals surface area contributed by atoms with Gasteiger partial charge in [0.1, 0.15) is 11.1 Å². The van der Waals surface area contributed by atoms with Gasteiger partial charge >= 0.3 is 12.0 Å². The summed E-state index contributed by atoms with van der Waals surface area (Å²) in [7, 11) is 2.59. The van der Waals surface area contributed by atoms with Gasteiger partial charge in [0.25, 0.3) is 0 Å². The largest absolute Gasteiger partial charge is 0.468 e. The molecular formula is C29H35N3O6. The van der Waals surface area contributed by atoms with Crippen LogP contribution in [0.25, 0.3) is 22.6 Å². The van der Waals surface area contributed by atoms with Crippen molar-refractivity contribution in [2.75, 3.05) is 27.2 Å². The number of benzene rings is 2. The van der Waals surface area contributed by atoms with E-state index in [9.17, 15) is 19.9 Å². The molecule has 38 heavy (non-hydrogen) atoms. The molecular weight excluding hydrogens is 486 g/mol. The lowest BCUT2D eigenvalue weighted by molar-refractivity contribution is -0.150. The number of oxazole rings is 1. The lowest BCUT2D eigenvalue weighted by Gasteiger charge is -2.38. The summed E-state index contributed by atoms with van der Waals surface area (Å²) in [6.45, 7) is 6.81. The summed E-state index contributed by atoms with van der Waals surface area (Å²) in [6, 6.07) is 14.9. The molecule has 2 aromatic carbocycles. The average molecular weight is 522 g/mol. The number of amides is 2. The molecule has 0 spiro atoms. The molecule has 1 aliphatic heterocycles. The van der Waals surface area contributed by atoms with Crippen molar-refractivity contribution in [2.45, 2.75) is 51.0 Å². The Morgan fingerprint density at radius 3 is 2.13 bits per heavy atom. The zero-order chi connectivity index (χ0) is 27.7. The van der Waals surface area contributed by atoms with E-state index in [4.69, 9.17) is 14.1 Å². The van der Waals surface area contributed by atoms with Gasteiger partial charge in [-0.3, -0.25) is 10.0 Å². The van der Waals surface area contributed by atoms with Crippen molar-refractivity contribution < 1.29 is 29.1 Å². The first-order chi connectivity index (χ1) is 18.0. The summed E-state index contributed by atoms with van der Waals surface area (Å²) in [6.07, 6.45) is 0.454. The van der Waals surface area contributed by atoms with Crippen LogP contribution in [0.3, 0.4) is 0 Å². The van der Waals surface area contributed by atoms with Crippen molar-refractivity contribution in [1.82, 2.24) is 14.9 Å². The van der Waals surface area contributed by atoms with E-state index in [1.807, 2.05) is 36.4 Å². The number of ether oxygens (including phenoxy) is 1. The molecule has 0 unspecified atom stereocenters. The van der Waals surface area contributed by atoms with Gasteiger partial charge in [-0.25, -0.2) is 14.8 Å². The van der Waals surface area contributed by atoms with Crippen molar-refractivity contribution in [2.24, 2.45) is 0 Å². The third-order valence-corrected chi connectivity index (χ3v) is 7.20. The molecule has 1 saturated heterocycles. The molecule has 0 saturated carbocycles. The topological polar surface area (TPSA) is 116 Å². The number of nitrogens with zero attached hydrogens (tertiary/aromatic N) is 3. The number of hydrogen-bond donors (Lipinski definition) is 2. The van der Waals surface area contributed by atoms with Crippen LogP contribution in [0.15, 0.2) is 52.9 Å². The fraction of sp³-hybridized carbons (Fsp3) is 0.414. The lowest BCUT2D eigenvalue weighted by atomic mass is 9.78. The van der Waals surface area contributed by atoms with Crippen molar-refractivity contribution >= 4 is 12.0 Å². The molecule has 2 N–H and O–H groups in total. The highest BCUT2D eigenvalue weighted by Crippen LogP contribution is 2.42. The predicted octanol–water partition coefficient (Wildman–Crippen LogP) is 4.75. The summed E-state index contributed by atoms with van der Waals surface area (Å²) >= 11 is 0. The number of piperidine rings is 1. The Hall–Kier alpha value is -3.69. The summed E-state index contributed by atoms with van der Waals surface area (Å²) < 4.78 is 11.6. The van der Waals surface area contributed by atoms with Gasteiger partial charge in [-0.1, -0.05) is 69.3 Å². The van der Waals surface area contributed by atoms with Crippen LogP contribution < -0.4 is 0 Å². The summed E-state index contributed by atoms with van der Waals surface area (Å²) in [5.41, 5.74) is 2.92. The Bertz CT molecular complexity index is 1280. The number of aliphatic hydroxyl groups is 1. The number of likely N-dealkylation sites (tertiary alicyclic amines) is 1. The maximum absolute atomic E-state index is 13.2. The van der Waals surface area contributed by atoms with Crippen molar-refractivity contribution in [3.05, 3.63) is 65.5 Å². The number of hydroxylamine groups is 2. The monoisotopic (exact) mass is 521 g/mol. The van der Waals surface area contributed by atoms with E-state index in [0.29, 0.717) is 16.5 Å². The van der Waals surface area contributed by atoms with Gasteiger partial charge in [0, 0.05) is 31.3 Å². The van der Waals surface area contributed by atoms with Crippen LogP contribution in [-0.2, 0) is 27.0 Å². The zero-order valence-electron chi connectivity index (χ0n) is 22.5. The Morgan fingerprint density at radius 2 is 1.63 bits per heavy atom. The van der Waals surface area contributed by atoms with E-state index >= 15 is 0 Å². The number of aromatic nitrogens is 1. The number of esters is 1. The van der Waals surface area contributed by atoms with E-state index in [0.717, 1.165) is 16.7 Å². The molecule has 2 amide bonds. The Morgan fingerprint density at radius 1 is 1.05 bits per heavy atom. The second kappa shape index (κ2) is 10.6. The van der Waals surface area contributed by atoms with Gasteiger partial charge in [0.15, 0.2) is 5.76 Å². The molecule has 0 atom stereocenters. The van der Waals surface area contributed by atoms with Crippen LogP contribution in [0.5, 0.6) is 0 Å². The minimum Gasteiger partial charge on any atom is -0.468 e. The zero-order valence-corrected chi connectivity index (χ0v) is 22.5. The van der Waals surface area contributed by atoms with Crippen LogP contribution in [0, 0.1) is 0 Å². The molecule has 2 heterocycles. The summed E-state index contributed by atoms with van der Waals surface area (Å²) in [5.74, 6) is 0.245. The van der Waals surface area contributed by atoms with Gasteiger partial charge < -0.3 is 19.2 Å². The van der Waals surface area contributed by atoms with Crippen LogP contribution in [0.2, 0.25) is 0 Å². The first-order valence-corrected chi connectivity index (χ1v) is 12.6. The molecule has 9 heteroatoms. The third-order valence-electron chi connectivity index (χ3n) is 7.20. The minimum absolute atomic E-state index is 0.0144. The Balaban J connectivity index is 1.81. The SMILES string of the molecule is COC(=O)C1(c2nc(-c3ccc(C(C)(C)C)cc3)c(-c3ccc(CO)cc3)o2)CCN(C(=O)N(C)O)CC1. The molecule has 0 aliphatic carbocycles. The number of methoxy groups -OCH3 is 1. The van der Waals surface area contributed by atoms with Gasteiger partial charge in [-0.15, -0.1) is 0 Å². The van der Waals surface area contributed by atoms with Crippen molar-refractivity contribution in [3.8, 4) is 22.6 Å². The standard InChI is InChI=1S/C29H35N3O6/c1-28(2,3)22-12-10-20(11-13-22)23-24(21-8-6-19(18-33)7-9-21)38-25(30-23)29(26(34)37-5)14-16-32(17-15-29)27(35)31(4)36/h6-13,33,36H,14-18H2,1-5H3. The van der Waals surface area contributed by atoms with Crippen LogP contribution >= 0.6 is 0 Å². The lowest BCUT2D eigenvalue weighted by Crippen LogP contribution is -2.51. The highest BCUT2D eigenvalue weighted by Gasteiger charge is 2.49. The fourth-order valence-corrected chi connectivity index (χ4v) is 4.79. The summed E-state index contributed by atoms with van der Waals surface area (Å²) in [5, 5.41) is 19.6. The first kappa shape index (κ1) is 27.3. The van der Waals surface area contributed by atoms with Gasteiger partial charge in [-0.2, -0.15) is 0 Å². The fourth-order valence-electron chi connectivity index (χ4n) is 4.79. The minimum atomic E-state index is -1.19. The molecule has 0 radical (unpaired) electrons. The normalized spacial score (nSPS) is 15.3. The molecule has 4 rings (SSSR count). The van der Waals surface area contributed by atoms with E-state index in [1.54, 1.807) is 0 Å². The Labute approximate surface area is 222 Å². The molecule has 3 aromatic rings. The predicted molar refractivity (Wildman–Crippen MR) is 141 cm³/mol. The molecule has 1 aliphatic rings. The first-order valence-electron chi connectivity index (χ1n) is 12.6. The molecule has 1 aromatic heterocycles. The van der Waals surface area contributed by atoms with E-state index in [2.05, 4.69) is 32.9 Å². The average Bonchev–Trinajstić information content (AvgIpc) is 3.38. The summed E-state index contributed by atoms with van der Waals surface area (Å²) in [4.78, 5) is 31.9. The highest BCUT2D eigenvalue weighted by atomic mass is 16.5. The highest BCUT2D eigenvalue weighted by molar-refractivity contribution is 5.84. The number of hydrogen-bond acceptors (Lipinski definition) is 7. The van der Waals surface area contributed by atoms with E-state index < -0.39 is 17.4 Å². The second-order valence-corrected chi connectivity index (χ2v) is 10.7.